The molecule has 0 spiro atoms. The fourth-order valence-corrected chi connectivity index (χ4v) is 4.24. The topological polar surface area (TPSA) is 94.2 Å². The first-order valence-corrected chi connectivity index (χ1v) is 10.4. The van der Waals surface area contributed by atoms with Gasteiger partial charge in [-0.25, -0.2) is 10.4 Å². The number of H-pyrrole nitrogens is 1. The molecule has 1 fully saturated rings. The van der Waals surface area contributed by atoms with Crippen LogP contribution in [-0.4, -0.2) is 39.3 Å². The number of rotatable bonds is 8. The summed E-state index contributed by atoms with van der Waals surface area (Å²) in [7, 11) is 0. The Kier molecular flexibility index (Phi) is 5.98. The van der Waals surface area contributed by atoms with Crippen LogP contribution in [0.1, 0.15) is 36.0 Å². The standard InChI is InChI=1S/C23H25F3N4O2/c1-13(14-6-8-16(9-7-14)23(24,25)26)10-20(27)29-30-19(21(30)22(31)32)11-15-12-28-18-5-3-2-4-17(15)18/h2-9,12-13,19-21,28-29H,10-11,27H2,1H3,(H,31,32)/t13?,19-,20?,21-,30?/m0/s1. The van der Waals surface area contributed by atoms with E-state index >= 15 is 0 Å². The molecule has 2 heterocycles. The average Bonchev–Trinajstić information content (AvgIpc) is 3.25. The zero-order chi connectivity index (χ0) is 23.0. The summed E-state index contributed by atoms with van der Waals surface area (Å²) in [5.41, 5.74) is 11.4. The van der Waals surface area contributed by atoms with Gasteiger partial charge in [-0.1, -0.05) is 37.3 Å². The monoisotopic (exact) mass is 446 g/mol. The van der Waals surface area contributed by atoms with Crippen molar-refractivity contribution in [1.82, 2.24) is 15.4 Å². The molecule has 0 saturated carbocycles. The van der Waals surface area contributed by atoms with Crippen LogP contribution in [0.2, 0.25) is 0 Å². The summed E-state index contributed by atoms with van der Waals surface area (Å²) in [6, 6.07) is 12.0. The van der Waals surface area contributed by atoms with Crippen molar-refractivity contribution in [3.63, 3.8) is 0 Å². The molecule has 6 nitrogen and oxygen atoms in total. The maximum absolute atomic E-state index is 12.8. The number of aromatic amines is 1. The zero-order valence-corrected chi connectivity index (χ0v) is 17.4. The van der Waals surface area contributed by atoms with Gasteiger partial charge in [-0.3, -0.25) is 4.79 Å². The van der Waals surface area contributed by atoms with E-state index in [-0.39, 0.29) is 12.0 Å². The highest BCUT2D eigenvalue weighted by Gasteiger charge is 2.53. The first-order valence-electron chi connectivity index (χ1n) is 10.4. The number of nitrogens with one attached hydrogen (secondary N) is 2. The summed E-state index contributed by atoms with van der Waals surface area (Å²) in [5.74, 6) is -1.03. The van der Waals surface area contributed by atoms with E-state index in [4.69, 9.17) is 5.73 Å². The lowest BCUT2D eigenvalue weighted by Crippen LogP contribution is -2.43. The van der Waals surface area contributed by atoms with Gasteiger partial charge < -0.3 is 15.8 Å². The number of hydrogen-bond donors (Lipinski definition) is 4. The maximum atomic E-state index is 12.8. The fraction of sp³-hybridized carbons (Fsp3) is 0.348. The summed E-state index contributed by atoms with van der Waals surface area (Å²) >= 11 is 0. The number of hydrazine groups is 1. The molecule has 3 aromatic rings. The molecule has 32 heavy (non-hydrogen) atoms. The van der Waals surface area contributed by atoms with E-state index in [1.807, 2.05) is 37.4 Å². The van der Waals surface area contributed by atoms with Gasteiger partial charge in [0.15, 0.2) is 0 Å². The highest BCUT2D eigenvalue weighted by atomic mass is 19.4. The number of halogens is 3. The Morgan fingerprint density at radius 2 is 1.91 bits per heavy atom. The molecule has 5 N–H and O–H groups in total. The predicted octanol–water partition coefficient (Wildman–Crippen LogP) is 3.85. The smallest absolute Gasteiger partial charge is 0.416 e. The van der Waals surface area contributed by atoms with Crippen molar-refractivity contribution in [2.24, 2.45) is 5.73 Å². The van der Waals surface area contributed by atoms with Crippen molar-refractivity contribution >= 4 is 16.9 Å². The number of benzene rings is 2. The Morgan fingerprint density at radius 3 is 2.56 bits per heavy atom. The number of nitrogens with two attached hydrogens (primary N) is 1. The van der Waals surface area contributed by atoms with Crippen molar-refractivity contribution < 1.29 is 23.1 Å². The quantitative estimate of drug-likeness (QED) is 0.312. The predicted molar refractivity (Wildman–Crippen MR) is 115 cm³/mol. The first-order chi connectivity index (χ1) is 15.1. The van der Waals surface area contributed by atoms with E-state index in [9.17, 15) is 23.1 Å². The molecule has 0 radical (unpaired) electrons. The molecule has 3 unspecified atom stereocenters. The van der Waals surface area contributed by atoms with Crippen LogP contribution in [0.4, 0.5) is 13.2 Å². The number of carboxylic acid groups (broad SMARTS) is 1. The van der Waals surface area contributed by atoms with Crippen LogP contribution in [0.15, 0.2) is 54.7 Å². The van der Waals surface area contributed by atoms with Gasteiger partial charge in [0.1, 0.15) is 6.04 Å². The molecule has 2 aromatic carbocycles. The third-order valence-electron chi connectivity index (χ3n) is 6.02. The second-order valence-electron chi connectivity index (χ2n) is 8.31. The van der Waals surface area contributed by atoms with E-state index in [2.05, 4.69) is 10.4 Å². The Hall–Kier alpha value is -2.88. The molecule has 1 aliphatic heterocycles. The highest BCUT2D eigenvalue weighted by molar-refractivity contribution is 5.84. The minimum Gasteiger partial charge on any atom is -0.480 e. The number of aromatic nitrogens is 1. The van der Waals surface area contributed by atoms with Gasteiger partial charge >= 0.3 is 12.1 Å². The number of fused-ring (bicyclic) bond motifs is 1. The lowest BCUT2D eigenvalue weighted by molar-refractivity contribution is -0.138. The van der Waals surface area contributed by atoms with E-state index in [0.717, 1.165) is 34.2 Å². The Balaban J connectivity index is 1.37. The van der Waals surface area contributed by atoms with E-state index in [1.165, 1.54) is 12.1 Å². The minimum atomic E-state index is -4.37. The first kappa shape index (κ1) is 22.3. The number of aliphatic carboxylic acids is 1. The van der Waals surface area contributed by atoms with E-state index in [0.29, 0.717) is 12.8 Å². The molecule has 1 saturated heterocycles. The number of para-hydroxylation sites is 1. The largest absolute Gasteiger partial charge is 0.480 e. The highest BCUT2D eigenvalue weighted by Crippen LogP contribution is 2.33. The Labute approximate surface area is 183 Å². The molecule has 0 amide bonds. The van der Waals surface area contributed by atoms with Gasteiger partial charge in [-0.2, -0.15) is 13.2 Å². The van der Waals surface area contributed by atoms with Gasteiger partial charge in [0, 0.05) is 17.1 Å². The number of alkyl halides is 3. The zero-order valence-electron chi connectivity index (χ0n) is 17.4. The molecule has 5 atom stereocenters. The third-order valence-corrected chi connectivity index (χ3v) is 6.02. The van der Waals surface area contributed by atoms with Crippen molar-refractivity contribution in [2.45, 2.75) is 50.1 Å². The van der Waals surface area contributed by atoms with Crippen LogP contribution in [-0.2, 0) is 17.4 Å². The Morgan fingerprint density at radius 1 is 1.22 bits per heavy atom. The lowest BCUT2D eigenvalue weighted by Gasteiger charge is -2.20. The van der Waals surface area contributed by atoms with Crippen LogP contribution in [0.25, 0.3) is 10.9 Å². The van der Waals surface area contributed by atoms with Crippen molar-refractivity contribution in [3.05, 3.63) is 71.4 Å². The number of nitrogens with zero attached hydrogens (tertiary/aromatic N) is 1. The summed E-state index contributed by atoms with van der Waals surface area (Å²) in [6.45, 7) is 1.88. The summed E-state index contributed by atoms with van der Waals surface area (Å²) in [5, 5.41) is 12.3. The summed E-state index contributed by atoms with van der Waals surface area (Å²) in [4.78, 5) is 14.9. The average molecular weight is 446 g/mol. The van der Waals surface area contributed by atoms with Crippen LogP contribution >= 0.6 is 0 Å². The van der Waals surface area contributed by atoms with E-state index < -0.39 is 29.9 Å². The number of carboxylic acids is 1. The molecular formula is C23H25F3N4O2. The molecular weight excluding hydrogens is 421 g/mol. The maximum Gasteiger partial charge on any atom is 0.416 e. The molecule has 1 aromatic heterocycles. The van der Waals surface area contributed by atoms with Crippen molar-refractivity contribution in [3.8, 4) is 0 Å². The molecule has 4 rings (SSSR count). The Bertz CT molecular complexity index is 1100. The summed E-state index contributed by atoms with van der Waals surface area (Å²) < 4.78 is 38.3. The molecule has 1 aliphatic rings. The summed E-state index contributed by atoms with van der Waals surface area (Å²) in [6.07, 6.45) is -2.03. The van der Waals surface area contributed by atoms with Gasteiger partial charge in [0.05, 0.1) is 17.8 Å². The molecule has 0 aliphatic carbocycles. The van der Waals surface area contributed by atoms with Gasteiger partial charge in [-0.15, -0.1) is 0 Å². The lowest BCUT2D eigenvalue weighted by atomic mass is 9.95. The fourth-order valence-electron chi connectivity index (χ4n) is 4.24. The van der Waals surface area contributed by atoms with Gasteiger partial charge in [0.2, 0.25) is 0 Å². The van der Waals surface area contributed by atoms with Gasteiger partial charge in [0.25, 0.3) is 0 Å². The second kappa shape index (κ2) is 8.57. The molecule has 9 heteroatoms. The van der Waals surface area contributed by atoms with Crippen LogP contribution in [0.5, 0.6) is 0 Å². The van der Waals surface area contributed by atoms with E-state index in [1.54, 1.807) is 5.01 Å². The number of carbonyl (C=O) groups is 1. The van der Waals surface area contributed by atoms with Crippen molar-refractivity contribution in [2.75, 3.05) is 0 Å². The minimum absolute atomic E-state index is 0.102. The molecule has 0 bridgehead atoms. The molecule has 170 valence electrons. The second-order valence-corrected chi connectivity index (χ2v) is 8.31. The van der Waals surface area contributed by atoms with Crippen LogP contribution in [0, 0.1) is 0 Å². The third kappa shape index (κ3) is 4.64. The van der Waals surface area contributed by atoms with Crippen LogP contribution in [0.3, 0.4) is 0 Å². The van der Waals surface area contributed by atoms with Crippen LogP contribution < -0.4 is 11.2 Å². The normalized spacial score (nSPS) is 22.6. The number of hydrogen-bond acceptors (Lipinski definition) is 4. The van der Waals surface area contributed by atoms with Crippen molar-refractivity contribution in [1.29, 1.82) is 0 Å². The van der Waals surface area contributed by atoms with Gasteiger partial charge in [-0.05, 0) is 48.1 Å². The SMILES string of the molecule is CC(CC(N)NN1[C@H](C(=O)O)[C@@H]1Cc1c[nH]c2ccccc12)c1ccc(C(F)(F)F)cc1.